The van der Waals surface area contributed by atoms with Gasteiger partial charge in [-0.25, -0.2) is 0 Å². The van der Waals surface area contributed by atoms with Gasteiger partial charge in [0.1, 0.15) is 40.6 Å². The van der Waals surface area contributed by atoms with Gasteiger partial charge in [0.05, 0.1) is 18.6 Å². The molecule has 188 valence electrons. The molecule has 4 aromatic rings. The Morgan fingerprint density at radius 2 is 1.30 bits per heavy atom. The zero-order valence-corrected chi connectivity index (χ0v) is 19.7. The highest BCUT2D eigenvalue weighted by molar-refractivity contribution is 5.78. The molecule has 1 heterocycles. The van der Waals surface area contributed by atoms with Crippen LogP contribution in [0.5, 0.6) is 46.0 Å². The van der Waals surface area contributed by atoms with Crippen LogP contribution in [0.4, 0.5) is 0 Å². The van der Waals surface area contributed by atoms with Gasteiger partial charge in [-0.2, -0.15) is 0 Å². The minimum atomic E-state index is -0.663. The van der Waals surface area contributed by atoms with Crippen LogP contribution in [0.25, 0.3) is 12.2 Å². The lowest BCUT2D eigenvalue weighted by Gasteiger charge is -2.21. The van der Waals surface area contributed by atoms with Crippen molar-refractivity contribution in [2.24, 2.45) is 0 Å². The number of hydrogen-bond donors (Lipinski definition) is 6. The number of phenols is 6. The van der Waals surface area contributed by atoms with Gasteiger partial charge in [-0.15, -0.1) is 0 Å². The second kappa shape index (κ2) is 9.23. The summed E-state index contributed by atoms with van der Waals surface area (Å²) in [6.07, 6.45) is 2.56. The summed E-state index contributed by atoms with van der Waals surface area (Å²) in [5.41, 5.74) is 2.79. The van der Waals surface area contributed by atoms with Gasteiger partial charge in [0.2, 0.25) is 0 Å². The molecule has 37 heavy (non-hydrogen) atoms. The second-order valence-corrected chi connectivity index (χ2v) is 8.76. The van der Waals surface area contributed by atoms with Crippen molar-refractivity contribution in [2.75, 3.05) is 7.11 Å². The summed E-state index contributed by atoms with van der Waals surface area (Å²) >= 11 is 0. The molecule has 4 aromatic carbocycles. The van der Waals surface area contributed by atoms with Crippen LogP contribution in [0.15, 0.2) is 66.7 Å². The predicted molar refractivity (Wildman–Crippen MR) is 136 cm³/mol. The van der Waals surface area contributed by atoms with Crippen molar-refractivity contribution in [2.45, 2.75) is 12.0 Å². The van der Waals surface area contributed by atoms with Crippen LogP contribution in [0.1, 0.15) is 39.8 Å². The van der Waals surface area contributed by atoms with E-state index in [1.54, 1.807) is 30.4 Å². The van der Waals surface area contributed by atoms with E-state index in [9.17, 15) is 30.6 Å². The van der Waals surface area contributed by atoms with Crippen molar-refractivity contribution in [3.63, 3.8) is 0 Å². The van der Waals surface area contributed by atoms with Crippen LogP contribution in [0.3, 0.4) is 0 Å². The van der Waals surface area contributed by atoms with Crippen molar-refractivity contribution in [3.8, 4) is 46.0 Å². The Hall–Kier alpha value is -4.98. The quantitative estimate of drug-likeness (QED) is 0.201. The lowest BCUT2D eigenvalue weighted by Crippen LogP contribution is -2.11. The molecular formula is C29H24O8. The van der Waals surface area contributed by atoms with Gasteiger partial charge in [-0.05, 0) is 65.2 Å². The summed E-state index contributed by atoms with van der Waals surface area (Å²) in [7, 11) is 1.44. The van der Waals surface area contributed by atoms with Crippen LogP contribution < -0.4 is 9.47 Å². The highest BCUT2D eigenvalue weighted by Gasteiger charge is 2.39. The number of fused-ring (bicyclic) bond motifs is 1. The van der Waals surface area contributed by atoms with Crippen molar-refractivity contribution in [1.29, 1.82) is 0 Å². The van der Waals surface area contributed by atoms with Gasteiger partial charge in [-0.1, -0.05) is 18.2 Å². The Balaban J connectivity index is 1.66. The topological polar surface area (TPSA) is 140 Å². The van der Waals surface area contributed by atoms with E-state index >= 15 is 0 Å². The molecule has 0 unspecified atom stereocenters. The van der Waals surface area contributed by atoms with Crippen LogP contribution in [-0.4, -0.2) is 37.7 Å². The zero-order chi connectivity index (χ0) is 26.3. The third kappa shape index (κ3) is 4.52. The predicted octanol–water partition coefficient (Wildman–Crippen LogP) is 5.36. The summed E-state index contributed by atoms with van der Waals surface area (Å²) in [6, 6.07) is 16.5. The van der Waals surface area contributed by atoms with Crippen molar-refractivity contribution in [1.82, 2.24) is 0 Å². The van der Waals surface area contributed by atoms with Gasteiger partial charge < -0.3 is 40.1 Å². The normalized spacial score (nSPS) is 16.5. The van der Waals surface area contributed by atoms with Gasteiger partial charge in [-0.3, -0.25) is 0 Å². The van der Waals surface area contributed by atoms with E-state index in [4.69, 9.17) is 9.47 Å². The van der Waals surface area contributed by atoms with Crippen molar-refractivity contribution < 1.29 is 40.1 Å². The van der Waals surface area contributed by atoms with Crippen LogP contribution >= 0.6 is 0 Å². The van der Waals surface area contributed by atoms with Crippen LogP contribution in [0, 0.1) is 0 Å². The molecule has 0 aromatic heterocycles. The Kier molecular flexibility index (Phi) is 5.93. The van der Waals surface area contributed by atoms with Crippen molar-refractivity contribution >= 4 is 12.2 Å². The van der Waals surface area contributed by atoms with E-state index in [-0.39, 0.29) is 40.2 Å². The zero-order valence-electron chi connectivity index (χ0n) is 19.7. The minimum Gasteiger partial charge on any atom is -0.508 e. The molecule has 5 rings (SSSR count). The fourth-order valence-electron chi connectivity index (χ4n) is 4.68. The highest BCUT2D eigenvalue weighted by Crippen LogP contribution is 2.54. The van der Waals surface area contributed by atoms with Gasteiger partial charge in [0, 0.05) is 17.7 Å². The fraction of sp³-hybridized carbons (Fsp3) is 0.103. The molecule has 6 N–H and O–H groups in total. The second-order valence-electron chi connectivity index (χ2n) is 8.76. The minimum absolute atomic E-state index is 0.0380. The molecule has 0 aliphatic carbocycles. The molecule has 0 saturated heterocycles. The first-order chi connectivity index (χ1) is 17.7. The molecule has 0 amide bonds. The Morgan fingerprint density at radius 1 is 0.676 bits per heavy atom. The molecule has 0 fully saturated rings. The number of methoxy groups -OCH3 is 1. The maximum atomic E-state index is 10.7. The van der Waals surface area contributed by atoms with E-state index in [2.05, 4.69) is 0 Å². The molecule has 2 atom stereocenters. The van der Waals surface area contributed by atoms with Gasteiger partial charge in [0.25, 0.3) is 0 Å². The fourth-order valence-corrected chi connectivity index (χ4v) is 4.68. The summed E-state index contributed by atoms with van der Waals surface area (Å²) < 4.78 is 11.7. The molecule has 8 heteroatoms. The third-order valence-corrected chi connectivity index (χ3v) is 6.27. The summed E-state index contributed by atoms with van der Waals surface area (Å²) in [5, 5.41) is 60.8. The first-order valence-electron chi connectivity index (χ1n) is 11.4. The third-order valence-electron chi connectivity index (χ3n) is 6.27. The number of rotatable bonds is 5. The molecule has 0 saturated carbocycles. The molecule has 1 aliphatic heterocycles. The number of ether oxygens (including phenoxy) is 2. The van der Waals surface area contributed by atoms with E-state index in [0.717, 1.165) is 0 Å². The van der Waals surface area contributed by atoms with Crippen molar-refractivity contribution in [3.05, 3.63) is 94.5 Å². The lowest BCUT2D eigenvalue weighted by molar-refractivity contribution is 0.220. The maximum Gasteiger partial charge on any atom is 0.160 e. The summed E-state index contributed by atoms with van der Waals surface area (Å²) in [5.74, 6) is -0.413. The van der Waals surface area contributed by atoms with E-state index in [1.165, 1.54) is 55.6 Å². The van der Waals surface area contributed by atoms with E-state index in [0.29, 0.717) is 33.6 Å². The van der Waals surface area contributed by atoms with Gasteiger partial charge >= 0.3 is 0 Å². The molecular weight excluding hydrogens is 476 g/mol. The highest BCUT2D eigenvalue weighted by atomic mass is 16.5. The number of benzene rings is 4. The summed E-state index contributed by atoms with van der Waals surface area (Å²) in [4.78, 5) is 0. The maximum absolute atomic E-state index is 10.7. The number of aromatic hydroxyl groups is 6. The lowest BCUT2D eigenvalue weighted by atomic mass is 9.84. The first-order valence-corrected chi connectivity index (χ1v) is 11.4. The molecule has 1 aliphatic rings. The van der Waals surface area contributed by atoms with Crippen LogP contribution in [0.2, 0.25) is 0 Å². The molecule has 0 spiro atoms. The standard InChI is InChI=1S/C29H24O8/c1-36-26-12-16(3-6-25(26)35)28-27(17-10-20(32)14-21(33)11-17)23-5-7-24(34)22(29(23)37-28)4-2-15-8-18(30)13-19(31)9-15/h2-14,27-28,30-35H,1H3/b4-2+/t27-,28+/m0/s1. The average molecular weight is 501 g/mol. The Bertz CT molecular complexity index is 1480. The number of phenolic OH excluding ortho intramolecular Hbond substituents is 6. The smallest absolute Gasteiger partial charge is 0.160 e. The average Bonchev–Trinajstić information content (AvgIpc) is 3.22. The monoisotopic (exact) mass is 500 g/mol. The largest absolute Gasteiger partial charge is 0.508 e. The van der Waals surface area contributed by atoms with Crippen LogP contribution in [-0.2, 0) is 0 Å². The molecule has 0 radical (unpaired) electrons. The van der Waals surface area contributed by atoms with Gasteiger partial charge in [0.15, 0.2) is 11.5 Å². The molecule has 8 nitrogen and oxygen atoms in total. The van der Waals surface area contributed by atoms with E-state index in [1.807, 2.05) is 0 Å². The van der Waals surface area contributed by atoms with E-state index < -0.39 is 12.0 Å². The summed E-state index contributed by atoms with van der Waals surface area (Å²) in [6.45, 7) is 0. The Morgan fingerprint density at radius 3 is 1.95 bits per heavy atom. The SMILES string of the molecule is COc1cc([C@H]2Oc3c(ccc(O)c3/C=C/c3cc(O)cc(O)c3)[C@@H]2c2cc(O)cc(O)c2)ccc1O. The first kappa shape index (κ1) is 23.7. The molecule has 0 bridgehead atoms. The number of hydrogen-bond acceptors (Lipinski definition) is 8. The Labute approximate surface area is 212 Å².